The minimum absolute atomic E-state index is 0.203. The van der Waals surface area contributed by atoms with E-state index in [1.165, 1.54) is 13.2 Å². The molecule has 33 heavy (non-hydrogen) atoms. The Labute approximate surface area is 189 Å². The fourth-order valence-corrected chi connectivity index (χ4v) is 3.27. The summed E-state index contributed by atoms with van der Waals surface area (Å²) in [7, 11) is 1.25. The number of carbonyl (C=O) groups excluding carboxylic acids is 3. The largest absolute Gasteiger partial charge is 0.465 e. The molecule has 4 rings (SSSR count). The average Bonchev–Trinajstić information content (AvgIpc) is 3.26. The number of rotatable bonds is 6. The van der Waals surface area contributed by atoms with Crippen LogP contribution in [0.2, 0.25) is 0 Å². The minimum atomic E-state index is -0.653. The number of aryl methyl sites for hydroxylation is 1. The van der Waals surface area contributed by atoms with Crippen molar-refractivity contribution in [1.82, 2.24) is 9.97 Å². The first kappa shape index (κ1) is 21.8. The van der Waals surface area contributed by atoms with Crippen LogP contribution in [0.5, 0.6) is 0 Å². The number of hydrogen-bond acceptors (Lipinski definition) is 6. The highest BCUT2D eigenvalue weighted by atomic mass is 16.5. The molecular weight excluding hydrogens is 422 g/mol. The number of aromatic amines is 1. The monoisotopic (exact) mass is 443 g/mol. The molecule has 0 radical (unpaired) electrons. The third kappa shape index (κ3) is 4.90. The number of amides is 1. The Kier molecular flexibility index (Phi) is 6.17. The lowest BCUT2D eigenvalue weighted by atomic mass is 10.1. The number of hydrogen-bond donors (Lipinski definition) is 2. The van der Waals surface area contributed by atoms with Crippen LogP contribution in [-0.2, 0) is 14.3 Å². The van der Waals surface area contributed by atoms with E-state index >= 15 is 0 Å². The summed E-state index contributed by atoms with van der Waals surface area (Å²) >= 11 is 0. The van der Waals surface area contributed by atoms with Crippen molar-refractivity contribution in [3.05, 3.63) is 83.4 Å². The highest BCUT2D eigenvalue weighted by Crippen LogP contribution is 2.22. The predicted molar refractivity (Wildman–Crippen MR) is 123 cm³/mol. The van der Waals surface area contributed by atoms with Crippen molar-refractivity contribution in [3.63, 3.8) is 0 Å². The van der Waals surface area contributed by atoms with E-state index in [9.17, 15) is 14.4 Å². The van der Waals surface area contributed by atoms with Gasteiger partial charge in [0.05, 0.1) is 35.0 Å². The zero-order valence-electron chi connectivity index (χ0n) is 18.0. The number of benzene rings is 3. The molecule has 0 saturated carbocycles. The number of nitrogens with zero attached hydrogens (tertiary/aromatic N) is 1. The Morgan fingerprint density at radius 2 is 1.73 bits per heavy atom. The van der Waals surface area contributed by atoms with E-state index in [1.54, 1.807) is 36.4 Å². The lowest BCUT2D eigenvalue weighted by molar-refractivity contribution is -0.119. The lowest BCUT2D eigenvalue weighted by Gasteiger charge is -2.10. The molecule has 0 unspecified atom stereocenters. The van der Waals surface area contributed by atoms with E-state index in [1.807, 2.05) is 31.2 Å². The number of esters is 2. The molecule has 0 aliphatic carbocycles. The Bertz CT molecular complexity index is 1340. The van der Waals surface area contributed by atoms with Gasteiger partial charge in [0.15, 0.2) is 6.61 Å². The molecule has 0 saturated heterocycles. The van der Waals surface area contributed by atoms with Gasteiger partial charge in [0.1, 0.15) is 5.82 Å². The van der Waals surface area contributed by atoms with Gasteiger partial charge in [0.25, 0.3) is 5.91 Å². The van der Waals surface area contributed by atoms with E-state index < -0.39 is 24.5 Å². The number of nitrogens with one attached hydrogen (secondary N) is 2. The van der Waals surface area contributed by atoms with Crippen LogP contribution >= 0.6 is 0 Å². The van der Waals surface area contributed by atoms with Crippen LogP contribution in [0, 0.1) is 6.92 Å². The van der Waals surface area contributed by atoms with Gasteiger partial charge in [-0.15, -0.1) is 0 Å². The van der Waals surface area contributed by atoms with Crippen LogP contribution in [0.25, 0.3) is 22.4 Å². The van der Waals surface area contributed by atoms with Gasteiger partial charge in [-0.25, -0.2) is 14.6 Å². The molecule has 1 heterocycles. The second-order valence-corrected chi connectivity index (χ2v) is 7.34. The number of anilines is 1. The maximum Gasteiger partial charge on any atom is 0.339 e. The molecule has 4 aromatic rings. The SMILES string of the molecule is COC(=O)c1ccccc1NC(=O)COC(=O)c1ccc2nc(-c3ccc(C)cc3)[nH]c2c1. The lowest BCUT2D eigenvalue weighted by Crippen LogP contribution is -2.22. The first-order valence-corrected chi connectivity index (χ1v) is 10.2. The van der Waals surface area contributed by atoms with Crippen LogP contribution < -0.4 is 5.32 Å². The van der Waals surface area contributed by atoms with Crippen molar-refractivity contribution < 1.29 is 23.9 Å². The molecular formula is C25H21N3O5. The summed E-state index contributed by atoms with van der Waals surface area (Å²) in [6.45, 7) is 1.50. The zero-order chi connectivity index (χ0) is 23.4. The molecule has 0 aliphatic heterocycles. The minimum Gasteiger partial charge on any atom is -0.465 e. The fraction of sp³-hybridized carbons (Fsp3) is 0.120. The topological polar surface area (TPSA) is 110 Å². The summed E-state index contributed by atoms with van der Waals surface area (Å²) in [5.74, 6) is -1.12. The van der Waals surface area contributed by atoms with E-state index in [4.69, 9.17) is 9.47 Å². The Balaban J connectivity index is 1.42. The van der Waals surface area contributed by atoms with Crippen LogP contribution in [0.15, 0.2) is 66.7 Å². The van der Waals surface area contributed by atoms with Gasteiger partial charge in [-0.3, -0.25) is 4.79 Å². The molecule has 0 atom stereocenters. The smallest absolute Gasteiger partial charge is 0.339 e. The quantitative estimate of drug-likeness (QED) is 0.434. The maximum atomic E-state index is 12.5. The van der Waals surface area contributed by atoms with Gasteiger partial charge >= 0.3 is 11.9 Å². The predicted octanol–water partition coefficient (Wildman–Crippen LogP) is 4.12. The number of H-pyrrole nitrogens is 1. The van der Waals surface area contributed by atoms with Crippen molar-refractivity contribution in [2.24, 2.45) is 0 Å². The Morgan fingerprint density at radius 1 is 0.970 bits per heavy atom. The molecule has 8 heteroatoms. The van der Waals surface area contributed by atoms with Gasteiger partial charge in [-0.05, 0) is 37.3 Å². The summed E-state index contributed by atoms with van der Waals surface area (Å²) in [6, 6.07) is 19.3. The molecule has 8 nitrogen and oxygen atoms in total. The fourth-order valence-electron chi connectivity index (χ4n) is 3.27. The van der Waals surface area contributed by atoms with E-state index in [-0.39, 0.29) is 16.8 Å². The van der Waals surface area contributed by atoms with E-state index in [0.29, 0.717) is 16.9 Å². The summed E-state index contributed by atoms with van der Waals surface area (Å²) in [6.07, 6.45) is 0. The van der Waals surface area contributed by atoms with Crippen molar-refractivity contribution >= 4 is 34.6 Å². The van der Waals surface area contributed by atoms with Gasteiger partial charge in [0.2, 0.25) is 0 Å². The number of para-hydroxylation sites is 1. The highest BCUT2D eigenvalue weighted by molar-refractivity contribution is 6.02. The second kappa shape index (κ2) is 9.35. The summed E-state index contributed by atoms with van der Waals surface area (Å²) in [5.41, 5.74) is 4.23. The first-order chi connectivity index (χ1) is 15.9. The molecule has 166 valence electrons. The van der Waals surface area contributed by atoms with Crippen LogP contribution in [-0.4, -0.2) is 41.5 Å². The molecule has 0 aliphatic rings. The number of carbonyl (C=O) groups is 3. The molecule has 0 bridgehead atoms. The third-order valence-corrected chi connectivity index (χ3v) is 4.98. The third-order valence-electron chi connectivity index (χ3n) is 4.98. The van der Waals surface area contributed by atoms with Crippen molar-refractivity contribution in [3.8, 4) is 11.4 Å². The molecule has 0 fully saturated rings. The maximum absolute atomic E-state index is 12.5. The molecule has 2 N–H and O–H groups in total. The number of ether oxygens (including phenoxy) is 2. The molecule has 0 spiro atoms. The van der Waals surface area contributed by atoms with Crippen molar-refractivity contribution in [2.45, 2.75) is 6.92 Å². The zero-order valence-corrected chi connectivity index (χ0v) is 18.0. The summed E-state index contributed by atoms with van der Waals surface area (Å²) in [5, 5.41) is 2.55. The average molecular weight is 443 g/mol. The highest BCUT2D eigenvalue weighted by Gasteiger charge is 2.16. The number of methoxy groups -OCH3 is 1. The Hall–Kier alpha value is -4.46. The number of aromatic nitrogens is 2. The normalized spacial score (nSPS) is 10.6. The molecule has 1 aromatic heterocycles. The van der Waals surface area contributed by atoms with Gasteiger partial charge in [-0.1, -0.05) is 42.0 Å². The van der Waals surface area contributed by atoms with Crippen LogP contribution in [0.4, 0.5) is 5.69 Å². The van der Waals surface area contributed by atoms with Gasteiger partial charge in [0, 0.05) is 5.56 Å². The summed E-state index contributed by atoms with van der Waals surface area (Å²) in [4.78, 5) is 44.3. The molecule has 1 amide bonds. The van der Waals surface area contributed by atoms with Crippen molar-refractivity contribution in [2.75, 3.05) is 19.0 Å². The summed E-state index contributed by atoms with van der Waals surface area (Å²) < 4.78 is 9.84. The molecule has 3 aromatic carbocycles. The van der Waals surface area contributed by atoms with Crippen molar-refractivity contribution in [1.29, 1.82) is 0 Å². The first-order valence-electron chi connectivity index (χ1n) is 10.2. The number of fused-ring (bicyclic) bond motifs is 1. The second-order valence-electron chi connectivity index (χ2n) is 7.34. The van der Waals surface area contributed by atoms with E-state index in [0.717, 1.165) is 11.1 Å². The Morgan fingerprint density at radius 3 is 2.48 bits per heavy atom. The van der Waals surface area contributed by atoms with Crippen LogP contribution in [0.1, 0.15) is 26.3 Å². The van der Waals surface area contributed by atoms with Gasteiger partial charge in [-0.2, -0.15) is 0 Å². The van der Waals surface area contributed by atoms with Gasteiger partial charge < -0.3 is 19.8 Å². The van der Waals surface area contributed by atoms with E-state index in [2.05, 4.69) is 15.3 Å². The van der Waals surface area contributed by atoms with Crippen LogP contribution in [0.3, 0.4) is 0 Å². The standard InChI is InChI=1S/C25H21N3O5/c1-15-7-9-16(10-8-15)23-27-20-12-11-17(13-21(20)28-23)24(30)33-14-22(29)26-19-6-4-3-5-18(19)25(31)32-2/h3-13H,14H2,1-2H3,(H,26,29)(H,27,28). The number of imidazole rings is 1.